The summed E-state index contributed by atoms with van der Waals surface area (Å²) in [5.74, 6) is -0.244. The standard InChI is InChI=1S/C20H15I2N3O5S/c1-23-18(26)14(19(27)24(2)20(23)31)7-12-8-15(21)17(16(22)9-12)30-10-11-3-5-13(6-4-11)25(28)29/h3-9H,10H2,1-2H3. The number of carbonyl (C=O) groups is 2. The average Bonchev–Trinajstić information content (AvgIpc) is 2.73. The molecule has 1 aliphatic heterocycles. The van der Waals surface area contributed by atoms with Gasteiger partial charge in [0.05, 0.1) is 12.1 Å². The molecule has 2 amide bonds. The van der Waals surface area contributed by atoms with Crippen LogP contribution in [0.3, 0.4) is 0 Å². The molecule has 0 saturated carbocycles. The molecule has 31 heavy (non-hydrogen) atoms. The number of non-ortho nitro benzene ring substituents is 1. The Balaban J connectivity index is 1.82. The Morgan fingerprint density at radius 2 is 1.58 bits per heavy atom. The summed E-state index contributed by atoms with van der Waals surface area (Å²) in [5.41, 5.74) is 1.53. The van der Waals surface area contributed by atoms with Crippen LogP contribution in [0.5, 0.6) is 5.75 Å². The van der Waals surface area contributed by atoms with Crippen LogP contribution in [0.4, 0.5) is 5.69 Å². The Morgan fingerprint density at radius 3 is 2.06 bits per heavy atom. The number of nitro benzene ring substituents is 1. The second-order valence-corrected chi connectivity index (χ2v) is 9.28. The van der Waals surface area contributed by atoms with Crippen LogP contribution >= 0.6 is 57.4 Å². The maximum Gasteiger partial charge on any atom is 0.269 e. The quantitative estimate of drug-likeness (QED) is 0.120. The molecule has 160 valence electrons. The zero-order valence-electron chi connectivity index (χ0n) is 16.3. The molecule has 0 unspecified atom stereocenters. The van der Waals surface area contributed by atoms with Gasteiger partial charge in [-0.1, -0.05) is 0 Å². The van der Waals surface area contributed by atoms with Crippen LogP contribution in [-0.4, -0.2) is 45.7 Å². The number of halogens is 2. The highest BCUT2D eigenvalue weighted by atomic mass is 127. The predicted molar refractivity (Wildman–Crippen MR) is 135 cm³/mol. The van der Waals surface area contributed by atoms with E-state index >= 15 is 0 Å². The Kier molecular flexibility index (Phi) is 7.26. The van der Waals surface area contributed by atoms with Crippen LogP contribution in [-0.2, 0) is 16.2 Å². The normalized spacial score (nSPS) is 14.2. The Hall–Kier alpha value is -2.13. The molecule has 1 aliphatic rings. The number of likely N-dealkylation sites (N-methyl/N-ethyl adjacent to an activating group) is 2. The molecule has 2 aromatic carbocycles. The highest BCUT2D eigenvalue weighted by molar-refractivity contribution is 14.1. The van der Waals surface area contributed by atoms with Gasteiger partial charge in [0, 0.05) is 26.2 Å². The summed E-state index contributed by atoms with van der Waals surface area (Å²) in [5, 5.41) is 10.9. The number of rotatable bonds is 5. The number of amides is 2. The number of benzene rings is 2. The Labute approximate surface area is 210 Å². The molecule has 2 aromatic rings. The third-order valence-corrected chi connectivity index (χ3v) is 6.66. The van der Waals surface area contributed by atoms with E-state index in [-0.39, 0.29) is 23.0 Å². The lowest BCUT2D eigenvalue weighted by molar-refractivity contribution is -0.384. The first-order chi connectivity index (χ1) is 14.6. The van der Waals surface area contributed by atoms with Crippen LogP contribution in [0.2, 0.25) is 0 Å². The summed E-state index contributed by atoms with van der Waals surface area (Å²) in [4.78, 5) is 37.9. The molecule has 1 heterocycles. The lowest BCUT2D eigenvalue weighted by Gasteiger charge is -2.31. The van der Waals surface area contributed by atoms with Gasteiger partial charge in [0.2, 0.25) is 0 Å². The third kappa shape index (κ3) is 5.03. The van der Waals surface area contributed by atoms with Crippen LogP contribution < -0.4 is 4.74 Å². The average molecular weight is 663 g/mol. The van der Waals surface area contributed by atoms with E-state index in [1.807, 2.05) is 12.1 Å². The van der Waals surface area contributed by atoms with Crippen LogP contribution in [0, 0.1) is 17.3 Å². The molecular formula is C20H15I2N3O5S. The SMILES string of the molecule is CN1C(=O)C(=Cc2cc(I)c(OCc3ccc([N+](=O)[O-])cc3)c(I)c2)C(=O)N(C)C1=S. The predicted octanol–water partition coefficient (Wildman–Crippen LogP) is 3.98. The fourth-order valence-electron chi connectivity index (χ4n) is 2.81. The molecule has 0 aliphatic carbocycles. The minimum Gasteiger partial charge on any atom is -0.487 e. The van der Waals surface area contributed by atoms with Crippen molar-refractivity contribution < 1.29 is 19.2 Å². The number of nitrogens with zero attached hydrogens (tertiary/aromatic N) is 3. The lowest BCUT2D eigenvalue weighted by Crippen LogP contribution is -2.52. The van der Waals surface area contributed by atoms with Crippen molar-refractivity contribution in [2.75, 3.05) is 14.1 Å². The van der Waals surface area contributed by atoms with Crippen molar-refractivity contribution in [3.05, 3.63) is 70.4 Å². The molecule has 0 radical (unpaired) electrons. The number of thiocarbonyl (C=S) groups is 1. The van der Waals surface area contributed by atoms with Gasteiger partial charge in [0.25, 0.3) is 17.5 Å². The van der Waals surface area contributed by atoms with E-state index in [1.165, 1.54) is 36.0 Å². The van der Waals surface area contributed by atoms with Crippen LogP contribution in [0.15, 0.2) is 42.0 Å². The van der Waals surface area contributed by atoms with Gasteiger partial charge >= 0.3 is 0 Å². The van der Waals surface area contributed by atoms with E-state index < -0.39 is 16.7 Å². The van der Waals surface area contributed by atoms with Gasteiger partial charge in [-0.05, 0) is 98.9 Å². The summed E-state index contributed by atoms with van der Waals surface area (Å²) in [6.45, 7) is 0.244. The van der Waals surface area contributed by atoms with Gasteiger partial charge in [-0.25, -0.2) is 0 Å². The van der Waals surface area contributed by atoms with E-state index in [1.54, 1.807) is 18.2 Å². The Bertz CT molecular complexity index is 1090. The second-order valence-electron chi connectivity index (χ2n) is 6.59. The summed E-state index contributed by atoms with van der Waals surface area (Å²) in [6.07, 6.45) is 1.55. The molecular weight excluding hydrogens is 648 g/mol. The maximum atomic E-state index is 12.5. The van der Waals surface area contributed by atoms with E-state index in [4.69, 9.17) is 17.0 Å². The Morgan fingerprint density at radius 1 is 1.06 bits per heavy atom. The van der Waals surface area contributed by atoms with Crippen molar-refractivity contribution >= 4 is 86.1 Å². The summed E-state index contributed by atoms with van der Waals surface area (Å²) in [7, 11) is 3.06. The number of ether oxygens (including phenoxy) is 1. The molecule has 0 atom stereocenters. The van der Waals surface area contributed by atoms with Crippen molar-refractivity contribution in [3.63, 3.8) is 0 Å². The molecule has 1 fully saturated rings. The van der Waals surface area contributed by atoms with E-state index in [0.29, 0.717) is 11.3 Å². The third-order valence-electron chi connectivity index (χ3n) is 4.51. The largest absolute Gasteiger partial charge is 0.487 e. The van der Waals surface area contributed by atoms with Gasteiger partial charge in [0.1, 0.15) is 17.9 Å². The first-order valence-electron chi connectivity index (χ1n) is 8.77. The lowest BCUT2D eigenvalue weighted by atomic mass is 10.1. The van der Waals surface area contributed by atoms with Crippen molar-refractivity contribution in [3.8, 4) is 5.75 Å². The van der Waals surface area contributed by atoms with E-state index in [9.17, 15) is 19.7 Å². The minimum absolute atomic E-state index is 0.0224. The summed E-state index contributed by atoms with van der Waals surface area (Å²) < 4.78 is 7.51. The zero-order valence-corrected chi connectivity index (χ0v) is 21.4. The fourth-order valence-corrected chi connectivity index (χ4v) is 5.11. The van der Waals surface area contributed by atoms with E-state index in [2.05, 4.69) is 45.2 Å². The van der Waals surface area contributed by atoms with Gasteiger partial charge in [-0.3, -0.25) is 29.5 Å². The molecule has 11 heteroatoms. The van der Waals surface area contributed by atoms with Crippen molar-refractivity contribution in [2.45, 2.75) is 6.61 Å². The van der Waals surface area contributed by atoms with Gasteiger partial charge in [-0.2, -0.15) is 0 Å². The highest BCUT2D eigenvalue weighted by Crippen LogP contribution is 2.31. The first-order valence-corrected chi connectivity index (χ1v) is 11.3. The molecule has 3 rings (SSSR count). The monoisotopic (exact) mass is 663 g/mol. The number of hydrogen-bond donors (Lipinski definition) is 0. The summed E-state index contributed by atoms with van der Waals surface area (Å²) >= 11 is 9.35. The fraction of sp³-hybridized carbons (Fsp3) is 0.150. The van der Waals surface area contributed by atoms with Gasteiger partial charge in [-0.15, -0.1) is 0 Å². The number of carbonyl (C=O) groups excluding carboxylic acids is 2. The first kappa shape index (κ1) is 23.5. The molecule has 0 aromatic heterocycles. The van der Waals surface area contributed by atoms with Crippen LogP contribution in [0.1, 0.15) is 11.1 Å². The van der Waals surface area contributed by atoms with Crippen molar-refractivity contribution in [2.24, 2.45) is 0 Å². The topological polar surface area (TPSA) is 93.0 Å². The zero-order chi connectivity index (χ0) is 22.9. The van der Waals surface area contributed by atoms with Gasteiger partial charge in [0.15, 0.2) is 5.11 Å². The smallest absolute Gasteiger partial charge is 0.269 e. The minimum atomic E-state index is -0.450. The molecule has 1 saturated heterocycles. The second kappa shape index (κ2) is 9.56. The summed E-state index contributed by atoms with van der Waals surface area (Å²) in [6, 6.07) is 9.79. The molecule has 0 N–H and O–H groups in total. The highest BCUT2D eigenvalue weighted by Gasteiger charge is 2.35. The maximum absolute atomic E-state index is 12.5. The molecule has 0 bridgehead atoms. The van der Waals surface area contributed by atoms with Gasteiger partial charge < -0.3 is 4.74 Å². The van der Waals surface area contributed by atoms with E-state index in [0.717, 1.165) is 12.7 Å². The van der Waals surface area contributed by atoms with Crippen LogP contribution in [0.25, 0.3) is 6.08 Å². The van der Waals surface area contributed by atoms with Crippen molar-refractivity contribution in [1.29, 1.82) is 0 Å². The number of hydrogen-bond acceptors (Lipinski definition) is 6. The molecule has 8 nitrogen and oxygen atoms in total. The molecule has 0 spiro atoms. The van der Waals surface area contributed by atoms with Crippen molar-refractivity contribution in [1.82, 2.24) is 9.80 Å². The number of nitro groups is 1.